The summed E-state index contributed by atoms with van der Waals surface area (Å²) in [4.78, 5) is 14.3. The first kappa shape index (κ1) is 14.8. The van der Waals surface area contributed by atoms with Crippen molar-refractivity contribution < 1.29 is 4.79 Å². The van der Waals surface area contributed by atoms with Crippen LogP contribution >= 0.6 is 0 Å². The van der Waals surface area contributed by atoms with Gasteiger partial charge in [0.1, 0.15) is 0 Å². The molecular weight excluding hydrogens is 236 g/mol. The molecule has 1 amide bonds. The molecule has 2 aliphatic rings. The molecule has 0 aromatic heterocycles. The molecular formula is C16H30N2O. The molecule has 2 heterocycles. The summed E-state index contributed by atoms with van der Waals surface area (Å²) in [6.07, 6.45) is 9.52. The molecule has 0 aromatic rings. The molecule has 0 aliphatic carbocycles. The lowest BCUT2D eigenvalue weighted by Crippen LogP contribution is -2.35. The Morgan fingerprint density at radius 1 is 1.21 bits per heavy atom. The zero-order chi connectivity index (χ0) is 13.5. The molecule has 2 fully saturated rings. The van der Waals surface area contributed by atoms with Gasteiger partial charge in [0.2, 0.25) is 5.91 Å². The third kappa shape index (κ3) is 4.79. The molecule has 110 valence electrons. The van der Waals surface area contributed by atoms with Gasteiger partial charge in [0.15, 0.2) is 0 Å². The maximum absolute atomic E-state index is 12.1. The van der Waals surface area contributed by atoms with Crippen LogP contribution in [0.4, 0.5) is 0 Å². The Hall–Kier alpha value is -0.570. The SMILES string of the molecule is CCCC1CCC(=O)N(CCC2CCCNC2)CC1. The molecule has 0 bridgehead atoms. The molecule has 0 spiro atoms. The molecule has 0 aromatic carbocycles. The summed E-state index contributed by atoms with van der Waals surface area (Å²) < 4.78 is 0. The second kappa shape index (κ2) is 7.88. The van der Waals surface area contributed by atoms with Crippen LogP contribution in [0.1, 0.15) is 58.3 Å². The van der Waals surface area contributed by atoms with Gasteiger partial charge in [0.25, 0.3) is 0 Å². The summed E-state index contributed by atoms with van der Waals surface area (Å²) >= 11 is 0. The predicted molar refractivity (Wildman–Crippen MR) is 79.0 cm³/mol. The highest BCUT2D eigenvalue weighted by molar-refractivity contribution is 5.76. The smallest absolute Gasteiger partial charge is 0.222 e. The van der Waals surface area contributed by atoms with Gasteiger partial charge in [-0.25, -0.2) is 0 Å². The summed E-state index contributed by atoms with van der Waals surface area (Å²) in [5, 5.41) is 3.47. The van der Waals surface area contributed by atoms with Crippen LogP contribution in [0, 0.1) is 11.8 Å². The Balaban J connectivity index is 1.73. The van der Waals surface area contributed by atoms with Crippen LogP contribution in [-0.2, 0) is 4.79 Å². The normalized spacial score (nSPS) is 29.3. The molecule has 2 atom stereocenters. The van der Waals surface area contributed by atoms with E-state index in [0.29, 0.717) is 5.91 Å². The van der Waals surface area contributed by atoms with Crippen molar-refractivity contribution in [1.82, 2.24) is 10.2 Å². The Kier molecular flexibility index (Phi) is 6.15. The fourth-order valence-electron chi connectivity index (χ4n) is 3.54. The average Bonchev–Trinajstić information content (AvgIpc) is 2.61. The van der Waals surface area contributed by atoms with Crippen molar-refractivity contribution >= 4 is 5.91 Å². The molecule has 3 nitrogen and oxygen atoms in total. The summed E-state index contributed by atoms with van der Waals surface area (Å²) in [7, 11) is 0. The quantitative estimate of drug-likeness (QED) is 0.830. The Morgan fingerprint density at radius 2 is 2.11 bits per heavy atom. The first-order valence-electron chi connectivity index (χ1n) is 8.28. The number of nitrogens with one attached hydrogen (secondary N) is 1. The number of nitrogens with zero attached hydrogens (tertiary/aromatic N) is 1. The van der Waals surface area contributed by atoms with Gasteiger partial charge in [0.05, 0.1) is 0 Å². The van der Waals surface area contributed by atoms with Crippen molar-refractivity contribution in [2.45, 2.75) is 58.3 Å². The minimum absolute atomic E-state index is 0.405. The lowest BCUT2D eigenvalue weighted by Gasteiger charge is -2.27. The topological polar surface area (TPSA) is 32.3 Å². The minimum Gasteiger partial charge on any atom is -0.343 e. The molecule has 2 aliphatic heterocycles. The van der Waals surface area contributed by atoms with Gasteiger partial charge < -0.3 is 10.2 Å². The molecule has 2 rings (SSSR count). The van der Waals surface area contributed by atoms with Crippen LogP contribution < -0.4 is 5.32 Å². The summed E-state index contributed by atoms with van der Waals surface area (Å²) in [5.41, 5.74) is 0. The average molecular weight is 266 g/mol. The first-order chi connectivity index (χ1) is 9.29. The third-order valence-electron chi connectivity index (χ3n) is 4.83. The van der Waals surface area contributed by atoms with Gasteiger partial charge >= 0.3 is 0 Å². The first-order valence-corrected chi connectivity index (χ1v) is 8.28. The van der Waals surface area contributed by atoms with Crippen molar-refractivity contribution in [3.63, 3.8) is 0 Å². The number of hydrogen-bond donors (Lipinski definition) is 1. The van der Waals surface area contributed by atoms with Gasteiger partial charge in [-0.1, -0.05) is 19.8 Å². The molecule has 0 radical (unpaired) electrons. The second-order valence-electron chi connectivity index (χ2n) is 6.36. The van der Waals surface area contributed by atoms with E-state index in [1.165, 1.54) is 45.1 Å². The molecule has 0 saturated carbocycles. The maximum atomic E-state index is 12.1. The zero-order valence-electron chi connectivity index (χ0n) is 12.5. The van der Waals surface area contributed by atoms with E-state index in [0.717, 1.165) is 44.3 Å². The van der Waals surface area contributed by atoms with Crippen molar-refractivity contribution in [1.29, 1.82) is 0 Å². The van der Waals surface area contributed by atoms with Crippen molar-refractivity contribution in [3.05, 3.63) is 0 Å². The van der Waals surface area contributed by atoms with E-state index in [9.17, 15) is 4.79 Å². The van der Waals surface area contributed by atoms with Gasteiger partial charge in [-0.3, -0.25) is 4.79 Å². The Bertz CT molecular complexity index is 274. The van der Waals surface area contributed by atoms with E-state index < -0.39 is 0 Å². The number of rotatable bonds is 5. The van der Waals surface area contributed by atoms with E-state index in [-0.39, 0.29) is 0 Å². The summed E-state index contributed by atoms with van der Waals surface area (Å²) in [6, 6.07) is 0. The monoisotopic (exact) mass is 266 g/mol. The van der Waals surface area contributed by atoms with Crippen LogP contribution in [0.5, 0.6) is 0 Å². The number of hydrogen-bond acceptors (Lipinski definition) is 2. The second-order valence-corrected chi connectivity index (χ2v) is 6.36. The largest absolute Gasteiger partial charge is 0.343 e. The highest BCUT2D eigenvalue weighted by Crippen LogP contribution is 2.23. The van der Waals surface area contributed by atoms with Crippen LogP contribution in [-0.4, -0.2) is 37.0 Å². The van der Waals surface area contributed by atoms with Crippen molar-refractivity contribution in [2.75, 3.05) is 26.2 Å². The molecule has 2 unspecified atom stereocenters. The summed E-state index contributed by atoms with van der Waals surface area (Å²) in [5.74, 6) is 1.98. The van der Waals surface area contributed by atoms with Crippen molar-refractivity contribution in [3.8, 4) is 0 Å². The molecule has 2 saturated heterocycles. The van der Waals surface area contributed by atoms with Gasteiger partial charge in [-0.05, 0) is 57.0 Å². The number of carbonyl (C=O) groups is 1. The minimum atomic E-state index is 0.405. The van der Waals surface area contributed by atoms with Crippen LogP contribution in [0.3, 0.4) is 0 Å². The Labute approximate surface area is 118 Å². The van der Waals surface area contributed by atoms with E-state index in [1.807, 2.05) is 0 Å². The van der Waals surface area contributed by atoms with Gasteiger partial charge in [-0.15, -0.1) is 0 Å². The predicted octanol–water partition coefficient (Wildman–Crippen LogP) is 2.80. The fraction of sp³-hybridized carbons (Fsp3) is 0.938. The molecule has 19 heavy (non-hydrogen) atoms. The number of carbonyl (C=O) groups excluding carboxylic acids is 1. The maximum Gasteiger partial charge on any atom is 0.222 e. The Morgan fingerprint density at radius 3 is 2.84 bits per heavy atom. The third-order valence-corrected chi connectivity index (χ3v) is 4.83. The number of amides is 1. The molecule has 3 heteroatoms. The van der Waals surface area contributed by atoms with Crippen molar-refractivity contribution in [2.24, 2.45) is 11.8 Å². The lowest BCUT2D eigenvalue weighted by atomic mass is 9.95. The fourth-order valence-corrected chi connectivity index (χ4v) is 3.54. The zero-order valence-corrected chi connectivity index (χ0v) is 12.5. The highest BCUT2D eigenvalue weighted by Gasteiger charge is 2.23. The van der Waals surface area contributed by atoms with E-state index >= 15 is 0 Å². The number of likely N-dealkylation sites (tertiary alicyclic amines) is 1. The van der Waals surface area contributed by atoms with Crippen LogP contribution in [0.15, 0.2) is 0 Å². The van der Waals surface area contributed by atoms with Crippen LogP contribution in [0.25, 0.3) is 0 Å². The standard InChI is InChI=1S/C16H30N2O/c1-2-4-14-6-7-16(19)18(11-8-14)12-9-15-5-3-10-17-13-15/h14-15,17H,2-13H2,1H3. The van der Waals surface area contributed by atoms with E-state index in [2.05, 4.69) is 17.1 Å². The number of piperidine rings is 1. The highest BCUT2D eigenvalue weighted by atomic mass is 16.2. The van der Waals surface area contributed by atoms with E-state index in [4.69, 9.17) is 0 Å². The van der Waals surface area contributed by atoms with E-state index in [1.54, 1.807) is 0 Å². The van der Waals surface area contributed by atoms with Gasteiger partial charge in [-0.2, -0.15) is 0 Å². The summed E-state index contributed by atoms with van der Waals surface area (Å²) in [6.45, 7) is 6.58. The van der Waals surface area contributed by atoms with Crippen LogP contribution in [0.2, 0.25) is 0 Å². The molecule has 1 N–H and O–H groups in total. The van der Waals surface area contributed by atoms with Gasteiger partial charge in [0, 0.05) is 19.5 Å². The lowest BCUT2D eigenvalue weighted by molar-refractivity contribution is -0.130.